The van der Waals surface area contributed by atoms with Crippen LogP contribution in [0.25, 0.3) is 10.9 Å². The van der Waals surface area contributed by atoms with Crippen molar-refractivity contribution in [3.05, 3.63) is 30.0 Å². The molecule has 17 heavy (non-hydrogen) atoms. The molecule has 3 nitrogen and oxygen atoms in total. The third-order valence-electron chi connectivity index (χ3n) is 3.76. The maximum atomic E-state index is 6.38. The molecule has 0 aliphatic heterocycles. The van der Waals surface area contributed by atoms with Crippen LogP contribution in [0.1, 0.15) is 32.4 Å². The van der Waals surface area contributed by atoms with Crippen molar-refractivity contribution in [3.8, 4) is 0 Å². The minimum atomic E-state index is -0.128. The number of hydrogen-bond donors (Lipinski definition) is 1. The van der Waals surface area contributed by atoms with Crippen molar-refractivity contribution < 1.29 is 0 Å². The number of hydrogen-bond acceptors (Lipinski definition) is 2. The van der Waals surface area contributed by atoms with Crippen LogP contribution in [-0.2, 0) is 13.5 Å². The Bertz CT molecular complexity index is 509. The van der Waals surface area contributed by atoms with Gasteiger partial charge in [-0.05, 0) is 18.9 Å². The Kier molecular flexibility index (Phi) is 3.20. The van der Waals surface area contributed by atoms with Gasteiger partial charge in [-0.1, -0.05) is 32.0 Å². The van der Waals surface area contributed by atoms with Crippen LogP contribution in [0.2, 0.25) is 0 Å². The zero-order chi connectivity index (χ0) is 12.5. The van der Waals surface area contributed by atoms with Crippen molar-refractivity contribution in [3.63, 3.8) is 0 Å². The molecule has 1 aromatic heterocycles. The highest BCUT2D eigenvalue weighted by Crippen LogP contribution is 2.23. The molecule has 0 fully saturated rings. The second kappa shape index (κ2) is 4.49. The van der Waals surface area contributed by atoms with Gasteiger partial charge in [-0.15, -0.1) is 0 Å². The summed E-state index contributed by atoms with van der Waals surface area (Å²) in [5.41, 5.74) is 8.55. The van der Waals surface area contributed by atoms with Crippen LogP contribution in [0.4, 0.5) is 0 Å². The van der Waals surface area contributed by atoms with Gasteiger partial charge in [0.25, 0.3) is 0 Å². The summed E-state index contributed by atoms with van der Waals surface area (Å²) in [4.78, 5) is 0. The Morgan fingerprint density at radius 1 is 1.24 bits per heavy atom. The van der Waals surface area contributed by atoms with E-state index in [1.807, 2.05) is 17.8 Å². The molecular weight excluding hydrogens is 210 g/mol. The molecule has 2 rings (SSSR count). The van der Waals surface area contributed by atoms with Gasteiger partial charge < -0.3 is 5.73 Å². The van der Waals surface area contributed by atoms with Crippen molar-refractivity contribution in [1.82, 2.24) is 9.78 Å². The first kappa shape index (κ1) is 12.1. The van der Waals surface area contributed by atoms with Gasteiger partial charge in [0, 0.05) is 24.4 Å². The molecule has 1 heterocycles. The van der Waals surface area contributed by atoms with Crippen LogP contribution >= 0.6 is 0 Å². The number of para-hydroxylation sites is 1. The van der Waals surface area contributed by atoms with E-state index in [9.17, 15) is 0 Å². The molecule has 0 bridgehead atoms. The summed E-state index contributed by atoms with van der Waals surface area (Å²) in [5.74, 6) is 0. The average molecular weight is 231 g/mol. The minimum Gasteiger partial charge on any atom is -0.325 e. The van der Waals surface area contributed by atoms with Crippen LogP contribution in [0.3, 0.4) is 0 Å². The monoisotopic (exact) mass is 231 g/mol. The van der Waals surface area contributed by atoms with E-state index in [-0.39, 0.29) is 5.54 Å². The number of nitrogens with two attached hydrogens (primary N) is 1. The Balaban J connectivity index is 2.43. The molecule has 92 valence electrons. The summed E-state index contributed by atoms with van der Waals surface area (Å²) in [6.45, 7) is 4.29. The van der Waals surface area contributed by atoms with Crippen molar-refractivity contribution in [2.75, 3.05) is 0 Å². The summed E-state index contributed by atoms with van der Waals surface area (Å²) in [7, 11) is 1.99. The molecule has 3 heteroatoms. The van der Waals surface area contributed by atoms with Gasteiger partial charge in [-0.3, -0.25) is 4.68 Å². The van der Waals surface area contributed by atoms with Gasteiger partial charge in [0.15, 0.2) is 0 Å². The highest BCUT2D eigenvalue weighted by Gasteiger charge is 2.23. The van der Waals surface area contributed by atoms with Gasteiger partial charge >= 0.3 is 0 Å². The molecule has 0 aliphatic carbocycles. The molecule has 0 radical (unpaired) electrons. The van der Waals surface area contributed by atoms with E-state index in [4.69, 9.17) is 5.73 Å². The fraction of sp³-hybridized carbons (Fsp3) is 0.500. The maximum Gasteiger partial charge on any atom is 0.0721 e. The Hall–Kier alpha value is -1.35. The summed E-state index contributed by atoms with van der Waals surface area (Å²) in [6.07, 6.45) is 2.81. The summed E-state index contributed by atoms with van der Waals surface area (Å²) in [6, 6.07) is 8.33. The van der Waals surface area contributed by atoms with E-state index in [1.165, 1.54) is 10.9 Å². The Morgan fingerprint density at radius 3 is 2.53 bits per heavy atom. The molecule has 2 aromatic rings. The molecule has 2 N–H and O–H groups in total. The topological polar surface area (TPSA) is 43.8 Å². The third kappa shape index (κ3) is 2.20. The summed E-state index contributed by atoms with van der Waals surface area (Å²) >= 11 is 0. The van der Waals surface area contributed by atoms with Gasteiger partial charge in [-0.25, -0.2) is 0 Å². The maximum absolute atomic E-state index is 6.38. The van der Waals surface area contributed by atoms with Crippen molar-refractivity contribution in [2.24, 2.45) is 12.8 Å². The van der Waals surface area contributed by atoms with Crippen LogP contribution in [0.15, 0.2) is 24.3 Å². The highest BCUT2D eigenvalue weighted by molar-refractivity contribution is 5.81. The highest BCUT2D eigenvalue weighted by atomic mass is 15.3. The zero-order valence-corrected chi connectivity index (χ0v) is 10.9. The lowest BCUT2D eigenvalue weighted by molar-refractivity contribution is 0.389. The van der Waals surface area contributed by atoms with Crippen LogP contribution < -0.4 is 5.73 Å². The molecule has 0 aliphatic rings. The number of benzene rings is 1. The fourth-order valence-electron chi connectivity index (χ4n) is 2.25. The largest absolute Gasteiger partial charge is 0.325 e. The Morgan fingerprint density at radius 2 is 1.88 bits per heavy atom. The predicted octanol–water partition coefficient (Wildman–Crippen LogP) is 2.63. The molecule has 0 amide bonds. The van der Waals surface area contributed by atoms with E-state index in [1.54, 1.807) is 0 Å². The number of rotatable bonds is 4. The van der Waals surface area contributed by atoms with Gasteiger partial charge in [0.1, 0.15) is 0 Å². The van der Waals surface area contributed by atoms with Gasteiger partial charge in [0.2, 0.25) is 0 Å². The third-order valence-corrected chi connectivity index (χ3v) is 3.76. The van der Waals surface area contributed by atoms with Crippen molar-refractivity contribution in [1.29, 1.82) is 0 Å². The number of aryl methyl sites for hydroxylation is 1. The second-order valence-electron chi connectivity index (χ2n) is 4.83. The molecule has 0 saturated heterocycles. The second-order valence-corrected chi connectivity index (χ2v) is 4.83. The van der Waals surface area contributed by atoms with Crippen LogP contribution in [0, 0.1) is 0 Å². The fourth-order valence-corrected chi connectivity index (χ4v) is 2.25. The van der Waals surface area contributed by atoms with E-state index < -0.39 is 0 Å². The molecular formula is C14H21N3. The Labute approximate surface area is 103 Å². The average Bonchev–Trinajstić information content (AvgIpc) is 2.67. The molecule has 0 unspecified atom stereocenters. The first-order valence-electron chi connectivity index (χ1n) is 6.29. The summed E-state index contributed by atoms with van der Waals surface area (Å²) in [5, 5.41) is 5.84. The normalized spacial score (nSPS) is 12.2. The van der Waals surface area contributed by atoms with E-state index in [0.717, 1.165) is 25.0 Å². The minimum absolute atomic E-state index is 0.128. The lowest BCUT2D eigenvalue weighted by Gasteiger charge is -2.25. The number of nitrogens with zero attached hydrogens (tertiary/aromatic N) is 2. The van der Waals surface area contributed by atoms with E-state index in [2.05, 4.69) is 37.1 Å². The standard InChI is InChI=1S/C14H21N3/c1-4-14(15,5-2)10-12-11-8-6-7-9-13(11)17(3)16-12/h6-9H,4-5,10,15H2,1-3H3. The molecule has 0 saturated carbocycles. The van der Waals surface area contributed by atoms with Gasteiger partial charge in [0.05, 0.1) is 11.2 Å². The van der Waals surface area contributed by atoms with Gasteiger partial charge in [-0.2, -0.15) is 5.10 Å². The first-order chi connectivity index (χ1) is 8.09. The van der Waals surface area contributed by atoms with Crippen molar-refractivity contribution in [2.45, 2.75) is 38.6 Å². The van der Waals surface area contributed by atoms with E-state index in [0.29, 0.717) is 0 Å². The van der Waals surface area contributed by atoms with Crippen LogP contribution in [0.5, 0.6) is 0 Å². The quantitative estimate of drug-likeness (QED) is 0.879. The SMILES string of the molecule is CCC(N)(CC)Cc1nn(C)c2ccccc12. The van der Waals surface area contributed by atoms with Crippen LogP contribution in [-0.4, -0.2) is 15.3 Å². The number of fused-ring (bicyclic) bond motifs is 1. The first-order valence-corrected chi connectivity index (χ1v) is 6.29. The number of aromatic nitrogens is 2. The van der Waals surface area contributed by atoms with E-state index >= 15 is 0 Å². The predicted molar refractivity (Wildman–Crippen MR) is 71.9 cm³/mol. The lowest BCUT2D eigenvalue weighted by atomic mass is 9.88. The molecule has 0 spiro atoms. The zero-order valence-electron chi connectivity index (χ0n) is 10.9. The summed E-state index contributed by atoms with van der Waals surface area (Å²) < 4.78 is 1.94. The van der Waals surface area contributed by atoms with Crippen molar-refractivity contribution >= 4 is 10.9 Å². The molecule has 0 atom stereocenters. The lowest BCUT2D eigenvalue weighted by Crippen LogP contribution is -2.40. The molecule has 1 aromatic carbocycles. The smallest absolute Gasteiger partial charge is 0.0721 e.